The first-order valence-corrected chi connectivity index (χ1v) is 5.72. The monoisotopic (exact) mass is 239 g/mol. The topological polar surface area (TPSA) is 21.3 Å². The summed E-state index contributed by atoms with van der Waals surface area (Å²) in [5, 5.41) is 3.72. The largest absolute Gasteiger partial charge is 0.488 e. The Morgan fingerprint density at radius 1 is 1.44 bits per heavy atom. The summed E-state index contributed by atoms with van der Waals surface area (Å²) in [5.74, 6) is 0.822. The van der Waals surface area contributed by atoms with Crippen molar-refractivity contribution in [2.45, 2.75) is 19.4 Å². The molecule has 0 spiro atoms. The molecule has 0 radical (unpaired) electrons. The lowest BCUT2D eigenvalue weighted by atomic mass is 10.1. The van der Waals surface area contributed by atoms with Crippen LogP contribution in [-0.2, 0) is 6.42 Å². The van der Waals surface area contributed by atoms with Gasteiger partial charge in [0.15, 0.2) is 0 Å². The molecular formula is C13H18ClNO. The predicted molar refractivity (Wildman–Crippen MR) is 69.2 cm³/mol. The SMILES string of the molecule is C=C(Cl)COc1ccc(CC(C)NC)cc1. The Kier molecular flexibility index (Phi) is 5.36. The van der Waals surface area contributed by atoms with E-state index in [4.69, 9.17) is 16.3 Å². The molecular weight excluding hydrogens is 222 g/mol. The van der Waals surface area contributed by atoms with Gasteiger partial charge in [0.2, 0.25) is 0 Å². The maximum absolute atomic E-state index is 5.62. The summed E-state index contributed by atoms with van der Waals surface area (Å²) in [4.78, 5) is 0. The van der Waals surface area contributed by atoms with Gasteiger partial charge in [-0.3, -0.25) is 0 Å². The fourth-order valence-electron chi connectivity index (χ4n) is 1.34. The van der Waals surface area contributed by atoms with Crippen molar-refractivity contribution in [3.05, 3.63) is 41.4 Å². The molecule has 0 aliphatic rings. The van der Waals surface area contributed by atoms with Crippen molar-refractivity contribution >= 4 is 11.6 Å². The molecule has 1 aromatic carbocycles. The van der Waals surface area contributed by atoms with Crippen LogP contribution in [0.25, 0.3) is 0 Å². The van der Waals surface area contributed by atoms with Crippen molar-refractivity contribution in [1.29, 1.82) is 0 Å². The molecule has 0 bridgehead atoms. The Hall–Kier alpha value is -0.990. The average molecular weight is 240 g/mol. The molecule has 88 valence electrons. The van der Waals surface area contributed by atoms with Gasteiger partial charge < -0.3 is 10.1 Å². The lowest BCUT2D eigenvalue weighted by Gasteiger charge is -2.10. The number of hydrogen-bond acceptors (Lipinski definition) is 2. The number of benzene rings is 1. The minimum atomic E-state index is 0.355. The predicted octanol–water partition coefficient (Wildman–Crippen LogP) is 2.97. The van der Waals surface area contributed by atoms with E-state index in [9.17, 15) is 0 Å². The number of halogens is 1. The number of nitrogens with one attached hydrogen (secondary N) is 1. The first kappa shape index (κ1) is 13.1. The van der Waals surface area contributed by atoms with Crippen LogP contribution in [0.2, 0.25) is 0 Å². The summed E-state index contributed by atoms with van der Waals surface area (Å²) in [5.41, 5.74) is 1.29. The highest BCUT2D eigenvalue weighted by Gasteiger charge is 2.01. The summed E-state index contributed by atoms with van der Waals surface area (Å²) in [6.07, 6.45) is 1.01. The van der Waals surface area contributed by atoms with Crippen molar-refractivity contribution in [2.75, 3.05) is 13.7 Å². The molecule has 1 unspecified atom stereocenters. The normalized spacial score (nSPS) is 12.2. The van der Waals surface area contributed by atoms with Crippen LogP contribution in [0.3, 0.4) is 0 Å². The van der Waals surface area contributed by atoms with Crippen molar-refractivity contribution in [2.24, 2.45) is 0 Å². The van der Waals surface area contributed by atoms with Gasteiger partial charge in [-0.15, -0.1) is 0 Å². The van der Waals surface area contributed by atoms with Crippen LogP contribution in [0.1, 0.15) is 12.5 Å². The van der Waals surface area contributed by atoms with E-state index in [1.165, 1.54) is 5.56 Å². The molecule has 1 rings (SSSR count). The molecule has 0 fully saturated rings. The number of hydrogen-bond donors (Lipinski definition) is 1. The van der Waals surface area contributed by atoms with Crippen LogP contribution >= 0.6 is 11.6 Å². The van der Waals surface area contributed by atoms with Crippen LogP contribution in [0.5, 0.6) is 5.75 Å². The summed E-state index contributed by atoms with van der Waals surface area (Å²) in [6.45, 7) is 6.08. The molecule has 0 saturated carbocycles. The van der Waals surface area contributed by atoms with Gasteiger partial charge in [-0.05, 0) is 38.1 Å². The van der Waals surface area contributed by atoms with Gasteiger partial charge in [-0.1, -0.05) is 30.3 Å². The average Bonchev–Trinajstić information content (AvgIpc) is 2.28. The zero-order chi connectivity index (χ0) is 12.0. The van der Waals surface area contributed by atoms with E-state index < -0.39 is 0 Å². The fraction of sp³-hybridized carbons (Fsp3) is 0.385. The Morgan fingerprint density at radius 2 is 2.06 bits per heavy atom. The van der Waals surface area contributed by atoms with E-state index in [1.807, 2.05) is 19.2 Å². The van der Waals surface area contributed by atoms with Gasteiger partial charge in [0.1, 0.15) is 12.4 Å². The molecule has 0 aliphatic carbocycles. The van der Waals surface area contributed by atoms with Crippen LogP contribution in [0.15, 0.2) is 35.9 Å². The third-order valence-electron chi connectivity index (χ3n) is 2.35. The smallest absolute Gasteiger partial charge is 0.123 e. The molecule has 0 aromatic heterocycles. The Balaban J connectivity index is 2.50. The van der Waals surface area contributed by atoms with Gasteiger partial charge >= 0.3 is 0 Å². The molecule has 0 amide bonds. The summed E-state index contributed by atoms with van der Waals surface area (Å²) < 4.78 is 5.41. The summed E-state index contributed by atoms with van der Waals surface area (Å²) >= 11 is 5.62. The molecule has 1 atom stereocenters. The van der Waals surface area contributed by atoms with Crippen LogP contribution in [0.4, 0.5) is 0 Å². The third kappa shape index (κ3) is 4.69. The van der Waals surface area contributed by atoms with Crippen molar-refractivity contribution in [3.63, 3.8) is 0 Å². The summed E-state index contributed by atoms with van der Waals surface area (Å²) in [7, 11) is 1.97. The molecule has 1 aromatic rings. The molecule has 0 aliphatic heterocycles. The van der Waals surface area contributed by atoms with Gasteiger partial charge in [0.05, 0.1) is 0 Å². The third-order valence-corrected chi connectivity index (χ3v) is 2.46. The first-order valence-electron chi connectivity index (χ1n) is 5.34. The van der Waals surface area contributed by atoms with Gasteiger partial charge in [0.25, 0.3) is 0 Å². The van der Waals surface area contributed by atoms with E-state index in [0.29, 0.717) is 17.7 Å². The zero-order valence-electron chi connectivity index (χ0n) is 9.79. The standard InChI is InChI=1S/C13H18ClNO/c1-10(14)9-16-13-6-4-12(5-7-13)8-11(2)15-3/h4-7,11,15H,1,8-9H2,2-3H3. The van der Waals surface area contributed by atoms with Gasteiger partial charge in [0, 0.05) is 11.1 Å². The lowest BCUT2D eigenvalue weighted by Crippen LogP contribution is -2.23. The van der Waals surface area contributed by atoms with Gasteiger partial charge in [-0.25, -0.2) is 0 Å². The maximum Gasteiger partial charge on any atom is 0.123 e. The summed E-state index contributed by atoms with van der Waals surface area (Å²) in [6, 6.07) is 8.53. The molecule has 0 heterocycles. The first-order chi connectivity index (χ1) is 7.61. The molecule has 2 nitrogen and oxygen atoms in total. The molecule has 3 heteroatoms. The quantitative estimate of drug-likeness (QED) is 0.824. The van der Waals surface area contributed by atoms with Crippen LogP contribution in [-0.4, -0.2) is 19.7 Å². The molecule has 16 heavy (non-hydrogen) atoms. The van der Waals surface area contributed by atoms with E-state index >= 15 is 0 Å². The van der Waals surface area contributed by atoms with E-state index in [-0.39, 0.29) is 0 Å². The Labute approximate surface area is 102 Å². The highest BCUT2D eigenvalue weighted by Crippen LogP contribution is 2.14. The maximum atomic E-state index is 5.62. The minimum Gasteiger partial charge on any atom is -0.488 e. The second-order valence-corrected chi connectivity index (χ2v) is 4.38. The van der Waals surface area contributed by atoms with Gasteiger partial charge in [-0.2, -0.15) is 0 Å². The number of rotatable bonds is 6. The highest BCUT2D eigenvalue weighted by molar-refractivity contribution is 6.29. The van der Waals surface area contributed by atoms with Crippen molar-refractivity contribution in [1.82, 2.24) is 5.32 Å². The number of likely N-dealkylation sites (N-methyl/N-ethyl adjacent to an activating group) is 1. The molecule has 1 N–H and O–H groups in total. The highest BCUT2D eigenvalue weighted by atomic mass is 35.5. The van der Waals surface area contributed by atoms with Crippen LogP contribution in [0, 0.1) is 0 Å². The van der Waals surface area contributed by atoms with E-state index in [0.717, 1.165) is 12.2 Å². The zero-order valence-corrected chi connectivity index (χ0v) is 10.6. The van der Waals surface area contributed by atoms with E-state index in [1.54, 1.807) is 0 Å². The Morgan fingerprint density at radius 3 is 2.56 bits per heavy atom. The second kappa shape index (κ2) is 6.56. The minimum absolute atomic E-state index is 0.355. The van der Waals surface area contributed by atoms with E-state index in [2.05, 4.69) is 31.0 Å². The van der Waals surface area contributed by atoms with Crippen molar-refractivity contribution < 1.29 is 4.74 Å². The number of ether oxygens (including phenoxy) is 1. The fourth-order valence-corrected chi connectivity index (χ4v) is 1.39. The van der Waals surface area contributed by atoms with Crippen LogP contribution < -0.4 is 10.1 Å². The Bertz CT molecular complexity index is 334. The van der Waals surface area contributed by atoms with Crippen molar-refractivity contribution in [3.8, 4) is 5.75 Å². The second-order valence-electron chi connectivity index (χ2n) is 3.84. The lowest BCUT2D eigenvalue weighted by molar-refractivity contribution is 0.359. The molecule has 0 saturated heterocycles.